The van der Waals surface area contributed by atoms with Crippen molar-refractivity contribution < 1.29 is 0 Å². The first-order chi connectivity index (χ1) is 9.56. The Morgan fingerprint density at radius 1 is 1.00 bits per heavy atom. The molecule has 4 heteroatoms. The van der Waals surface area contributed by atoms with Gasteiger partial charge in [0.05, 0.1) is 0 Å². The second-order valence-electron chi connectivity index (χ2n) is 5.83. The third-order valence-corrected chi connectivity index (χ3v) is 3.55. The first kappa shape index (κ1) is 16.7. The maximum atomic E-state index is 4.60. The van der Waals surface area contributed by atoms with Crippen LogP contribution in [0.25, 0.3) is 0 Å². The van der Waals surface area contributed by atoms with Gasteiger partial charge < -0.3 is 10.6 Å². The third kappa shape index (κ3) is 5.76. The Balaban J connectivity index is 2.74. The lowest BCUT2D eigenvalue weighted by atomic mass is 9.98. The minimum absolute atomic E-state index is 0.631. The van der Waals surface area contributed by atoms with Gasteiger partial charge in [-0.1, -0.05) is 34.6 Å². The zero-order valence-electron chi connectivity index (χ0n) is 13.7. The molecule has 1 unspecified atom stereocenters. The van der Waals surface area contributed by atoms with Gasteiger partial charge in [-0.15, -0.1) is 0 Å². The van der Waals surface area contributed by atoms with E-state index in [1.54, 1.807) is 0 Å². The first-order valence-corrected chi connectivity index (χ1v) is 7.92. The predicted octanol–water partition coefficient (Wildman–Crippen LogP) is 3.96. The number of aromatic nitrogens is 2. The molecule has 1 rings (SSSR count). The van der Waals surface area contributed by atoms with Crippen molar-refractivity contribution in [2.24, 2.45) is 11.8 Å². The smallest absolute Gasteiger partial charge is 0.133 e. The fourth-order valence-corrected chi connectivity index (χ4v) is 1.77. The molecule has 0 spiro atoms. The molecule has 0 saturated heterocycles. The van der Waals surface area contributed by atoms with Crippen LogP contribution in [0.1, 0.15) is 53.3 Å². The van der Waals surface area contributed by atoms with Crippen molar-refractivity contribution in [3.8, 4) is 0 Å². The summed E-state index contributed by atoms with van der Waals surface area (Å²) in [6, 6.07) is 2.02. The normalized spacial score (nSPS) is 12.5. The Morgan fingerprint density at radius 2 is 1.65 bits per heavy atom. The topological polar surface area (TPSA) is 49.8 Å². The fraction of sp³-hybridized carbons (Fsp3) is 0.750. The Morgan fingerprint density at radius 3 is 2.20 bits per heavy atom. The summed E-state index contributed by atoms with van der Waals surface area (Å²) in [6.07, 6.45) is 3.09. The van der Waals surface area contributed by atoms with Gasteiger partial charge in [-0.05, 0) is 24.7 Å². The molecule has 20 heavy (non-hydrogen) atoms. The van der Waals surface area contributed by atoms with Crippen molar-refractivity contribution in [3.05, 3.63) is 11.9 Å². The Kier molecular flexibility index (Phi) is 7.34. The number of hydrogen-bond donors (Lipinski definition) is 2. The van der Waals surface area contributed by atoms with E-state index in [-0.39, 0.29) is 0 Å². The summed E-state index contributed by atoms with van der Waals surface area (Å²) in [5, 5.41) is 6.80. The minimum Gasteiger partial charge on any atom is -0.370 e. The zero-order valence-corrected chi connectivity index (χ0v) is 13.7. The van der Waals surface area contributed by atoms with Gasteiger partial charge in [0.2, 0.25) is 0 Å². The summed E-state index contributed by atoms with van der Waals surface area (Å²) >= 11 is 0. The molecular weight excluding hydrogens is 248 g/mol. The van der Waals surface area contributed by atoms with Crippen LogP contribution in [0.3, 0.4) is 0 Å². The van der Waals surface area contributed by atoms with Crippen LogP contribution in [0.5, 0.6) is 0 Å². The Hall–Kier alpha value is -1.32. The molecule has 0 aliphatic carbocycles. The number of hydrogen-bond acceptors (Lipinski definition) is 4. The SMILES string of the molecule is CCCNc1cc(NCC(C)C(C)C)nc(CCC)n1. The quantitative estimate of drug-likeness (QED) is 0.718. The molecule has 0 aromatic carbocycles. The van der Waals surface area contributed by atoms with Gasteiger partial charge in [0, 0.05) is 25.6 Å². The maximum absolute atomic E-state index is 4.60. The van der Waals surface area contributed by atoms with Gasteiger partial charge in [0.15, 0.2) is 0 Å². The molecule has 1 heterocycles. The van der Waals surface area contributed by atoms with Gasteiger partial charge in [0.25, 0.3) is 0 Å². The number of nitrogens with one attached hydrogen (secondary N) is 2. The van der Waals surface area contributed by atoms with E-state index >= 15 is 0 Å². The Bertz CT molecular complexity index is 390. The number of aryl methyl sites for hydroxylation is 1. The summed E-state index contributed by atoms with van der Waals surface area (Å²) in [7, 11) is 0. The van der Waals surface area contributed by atoms with Crippen molar-refractivity contribution >= 4 is 11.6 Å². The monoisotopic (exact) mass is 278 g/mol. The average molecular weight is 278 g/mol. The molecule has 0 aliphatic rings. The summed E-state index contributed by atoms with van der Waals surface area (Å²) < 4.78 is 0. The molecule has 0 amide bonds. The highest BCUT2D eigenvalue weighted by molar-refractivity contribution is 5.47. The molecule has 0 fully saturated rings. The standard InChI is InChI=1S/C16H30N4/c1-6-8-14-19-15(17-9-7-2)10-16(20-14)18-11-13(5)12(3)4/h10,12-13H,6-9,11H2,1-5H3,(H2,17,18,19,20). The van der Waals surface area contributed by atoms with Crippen molar-refractivity contribution in [2.75, 3.05) is 23.7 Å². The van der Waals surface area contributed by atoms with Crippen LogP contribution in [-0.4, -0.2) is 23.1 Å². The van der Waals surface area contributed by atoms with Crippen molar-refractivity contribution in [1.29, 1.82) is 0 Å². The number of anilines is 2. The van der Waals surface area contributed by atoms with E-state index in [1.807, 2.05) is 6.07 Å². The fourth-order valence-electron chi connectivity index (χ4n) is 1.77. The summed E-state index contributed by atoms with van der Waals surface area (Å²) in [5.74, 6) is 4.11. The third-order valence-electron chi connectivity index (χ3n) is 3.55. The lowest BCUT2D eigenvalue weighted by molar-refractivity contribution is 0.439. The molecule has 0 bridgehead atoms. The van der Waals surface area contributed by atoms with Gasteiger partial charge in [-0.2, -0.15) is 0 Å². The van der Waals surface area contributed by atoms with Crippen LogP contribution in [0.2, 0.25) is 0 Å². The van der Waals surface area contributed by atoms with E-state index in [1.165, 1.54) is 0 Å². The minimum atomic E-state index is 0.631. The molecule has 0 saturated carbocycles. The van der Waals surface area contributed by atoms with E-state index < -0.39 is 0 Å². The van der Waals surface area contributed by atoms with Crippen LogP contribution < -0.4 is 10.6 Å². The molecular formula is C16H30N4. The average Bonchev–Trinajstić information content (AvgIpc) is 2.42. The molecule has 0 radical (unpaired) electrons. The van der Waals surface area contributed by atoms with Gasteiger partial charge in [-0.25, -0.2) is 9.97 Å². The summed E-state index contributed by atoms with van der Waals surface area (Å²) in [6.45, 7) is 13.0. The molecule has 114 valence electrons. The van der Waals surface area contributed by atoms with E-state index in [2.05, 4.69) is 55.2 Å². The molecule has 4 nitrogen and oxygen atoms in total. The van der Waals surface area contributed by atoms with Gasteiger partial charge >= 0.3 is 0 Å². The Labute approximate surface area is 123 Å². The lowest BCUT2D eigenvalue weighted by Gasteiger charge is -2.17. The van der Waals surface area contributed by atoms with Crippen LogP contribution >= 0.6 is 0 Å². The second kappa shape index (κ2) is 8.77. The van der Waals surface area contributed by atoms with Crippen LogP contribution in [0.15, 0.2) is 6.07 Å². The van der Waals surface area contributed by atoms with Crippen molar-refractivity contribution in [3.63, 3.8) is 0 Å². The molecule has 2 N–H and O–H groups in total. The van der Waals surface area contributed by atoms with E-state index in [4.69, 9.17) is 0 Å². The van der Waals surface area contributed by atoms with E-state index in [0.717, 1.165) is 49.8 Å². The highest BCUT2D eigenvalue weighted by atomic mass is 15.1. The largest absolute Gasteiger partial charge is 0.370 e. The predicted molar refractivity (Wildman–Crippen MR) is 87.3 cm³/mol. The highest BCUT2D eigenvalue weighted by Crippen LogP contribution is 2.15. The summed E-state index contributed by atoms with van der Waals surface area (Å²) in [4.78, 5) is 9.16. The van der Waals surface area contributed by atoms with E-state index in [0.29, 0.717) is 11.8 Å². The zero-order chi connectivity index (χ0) is 15.0. The lowest BCUT2D eigenvalue weighted by Crippen LogP contribution is -2.17. The van der Waals surface area contributed by atoms with Gasteiger partial charge in [-0.3, -0.25) is 0 Å². The molecule has 1 aromatic heterocycles. The van der Waals surface area contributed by atoms with Crippen LogP contribution in [0.4, 0.5) is 11.6 Å². The summed E-state index contributed by atoms with van der Waals surface area (Å²) in [5.41, 5.74) is 0. The number of nitrogens with zero attached hydrogens (tertiary/aromatic N) is 2. The first-order valence-electron chi connectivity index (χ1n) is 7.92. The highest BCUT2D eigenvalue weighted by Gasteiger charge is 2.08. The maximum Gasteiger partial charge on any atom is 0.133 e. The molecule has 1 aromatic rings. The number of rotatable bonds is 9. The molecule has 0 aliphatic heterocycles. The van der Waals surface area contributed by atoms with E-state index in [9.17, 15) is 0 Å². The molecule has 1 atom stereocenters. The van der Waals surface area contributed by atoms with Crippen LogP contribution in [-0.2, 0) is 6.42 Å². The van der Waals surface area contributed by atoms with Crippen LogP contribution in [0, 0.1) is 11.8 Å². The van der Waals surface area contributed by atoms with Crippen molar-refractivity contribution in [1.82, 2.24) is 9.97 Å². The van der Waals surface area contributed by atoms with Gasteiger partial charge in [0.1, 0.15) is 17.5 Å². The second-order valence-corrected chi connectivity index (χ2v) is 5.83. The van der Waals surface area contributed by atoms with Crippen molar-refractivity contribution in [2.45, 2.75) is 53.9 Å².